The number of carbonyl (C=O) groups excluding carboxylic acids is 2. The molecular weight excluding hydrogens is 306 g/mol. The third-order valence-electron chi connectivity index (χ3n) is 3.32. The fourth-order valence-corrected chi connectivity index (χ4v) is 2.03. The smallest absolute Gasteiger partial charge is 0.335 e. The molecule has 0 heterocycles. The summed E-state index contributed by atoms with van der Waals surface area (Å²) in [6.45, 7) is 3.47. The Balaban J connectivity index is 1.72. The first-order valence-corrected chi connectivity index (χ1v) is 7.73. The number of amides is 1. The van der Waals surface area contributed by atoms with E-state index in [1.165, 1.54) is 0 Å². The van der Waals surface area contributed by atoms with Crippen molar-refractivity contribution in [3.63, 3.8) is 0 Å². The van der Waals surface area contributed by atoms with E-state index in [9.17, 15) is 9.59 Å². The van der Waals surface area contributed by atoms with E-state index in [-0.39, 0.29) is 19.1 Å². The third-order valence-corrected chi connectivity index (χ3v) is 3.32. The summed E-state index contributed by atoms with van der Waals surface area (Å²) in [6, 6.07) is 16.8. The van der Waals surface area contributed by atoms with Crippen LogP contribution in [-0.2, 0) is 25.7 Å². The minimum atomic E-state index is -0.808. The standard InChI is InChI=1S/C19H21NO4/c1-14-7-6-10-17(11-14)20-18(21)13-23-15(2)19(22)24-12-16-8-4-3-5-9-16/h3-11,15H,12-13H2,1-2H3,(H,20,21). The van der Waals surface area contributed by atoms with Crippen LogP contribution in [0.2, 0.25) is 0 Å². The van der Waals surface area contributed by atoms with Gasteiger partial charge in [0.2, 0.25) is 5.91 Å². The molecule has 0 aliphatic carbocycles. The number of esters is 1. The van der Waals surface area contributed by atoms with Gasteiger partial charge in [-0.2, -0.15) is 0 Å². The summed E-state index contributed by atoms with van der Waals surface area (Å²) in [4.78, 5) is 23.7. The van der Waals surface area contributed by atoms with Gasteiger partial charge in [-0.05, 0) is 37.1 Å². The summed E-state index contributed by atoms with van der Waals surface area (Å²) in [5.41, 5.74) is 2.64. The number of aryl methyl sites for hydroxylation is 1. The van der Waals surface area contributed by atoms with Crippen LogP contribution in [0.25, 0.3) is 0 Å². The van der Waals surface area contributed by atoms with E-state index in [0.717, 1.165) is 11.1 Å². The Morgan fingerprint density at radius 3 is 2.54 bits per heavy atom. The first kappa shape index (κ1) is 17.7. The van der Waals surface area contributed by atoms with Gasteiger partial charge >= 0.3 is 5.97 Å². The van der Waals surface area contributed by atoms with Crippen molar-refractivity contribution in [2.45, 2.75) is 26.6 Å². The molecule has 0 saturated carbocycles. The Morgan fingerprint density at radius 2 is 1.83 bits per heavy atom. The lowest BCUT2D eigenvalue weighted by atomic mass is 10.2. The molecule has 0 aliphatic rings. The number of hydrogen-bond donors (Lipinski definition) is 1. The van der Waals surface area contributed by atoms with Gasteiger partial charge in [0.25, 0.3) is 0 Å². The van der Waals surface area contributed by atoms with Crippen LogP contribution in [0.4, 0.5) is 5.69 Å². The molecule has 0 spiro atoms. The van der Waals surface area contributed by atoms with Gasteiger partial charge in [0.15, 0.2) is 6.10 Å². The molecule has 2 rings (SSSR count). The minimum Gasteiger partial charge on any atom is -0.459 e. The number of benzene rings is 2. The van der Waals surface area contributed by atoms with Crippen molar-refractivity contribution in [1.82, 2.24) is 0 Å². The van der Waals surface area contributed by atoms with Gasteiger partial charge in [-0.15, -0.1) is 0 Å². The molecule has 1 unspecified atom stereocenters. The number of ether oxygens (including phenoxy) is 2. The van der Waals surface area contributed by atoms with Gasteiger partial charge < -0.3 is 14.8 Å². The van der Waals surface area contributed by atoms with Gasteiger partial charge in [-0.1, -0.05) is 42.5 Å². The Bertz CT molecular complexity index is 685. The fourth-order valence-electron chi connectivity index (χ4n) is 2.03. The van der Waals surface area contributed by atoms with Crippen molar-refractivity contribution in [1.29, 1.82) is 0 Å². The van der Waals surface area contributed by atoms with Crippen LogP contribution in [0.3, 0.4) is 0 Å². The van der Waals surface area contributed by atoms with E-state index in [0.29, 0.717) is 5.69 Å². The Morgan fingerprint density at radius 1 is 1.08 bits per heavy atom. The molecule has 0 saturated heterocycles. The lowest BCUT2D eigenvalue weighted by Crippen LogP contribution is -2.28. The van der Waals surface area contributed by atoms with Crippen LogP contribution in [0.15, 0.2) is 54.6 Å². The van der Waals surface area contributed by atoms with E-state index >= 15 is 0 Å². The molecule has 0 aromatic heterocycles. The van der Waals surface area contributed by atoms with Crippen molar-refractivity contribution >= 4 is 17.6 Å². The number of nitrogens with one attached hydrogen (secondary N) is 1. The lowest BCUT2D eigenvalue weighted by molar-refractivity contribution is -0.158. The molecule has 1 amide bonds. The van der Waals surface area contributed by atoms with Gasteiger partial charge in [0.1, 0.15) is 13.2 Å². The average Bonchev–Trinajstić information content (AvgIpc) is 2.58. The normalized spacial score (nSPS) is 11.6. The van der Waals surface area contributed by atoms with E-state index in [2.05, 4.69) is 5.32 Å². The molecule has 1 N–H and O–H groups in total. The molecule has 24 heavy (non-hydrogen) atoms. The highest BCUT2D eigenvalue weighted by atomic mass is 16.6. The largest absolute Gasteiger partial charge is 0.459 e. The van der Waals surface area contributed by atoms with Crippen LogP contribution in [0.5, 0.6) is 0 Å². The van der Waals surface area contributed by atoms with Gasteiger partial charge in [-0.3, -0.25) is 4.79 Å². The van der Waals surface area contributed by atoms with Crippen LogP contribution in [0, 0.1) is 6.92 Å². The second-order valence-corrected chi connectivity index (χ2v) is 5.46. The van der Waals surface area contributed by atoms with Crippen LogP contribution in [-0.4, -0.2) is 24.6 Å². The highest BCUT2D eigenvalue weighted by molar-refractivity contribution is 5.92. The van der Waals surface area contributed by atoms with Crippen LogP contribution in [0.1, 0.15) is 18.1 Å². The molecule has 0 fully saturated rings. The molecular formula is C19H21NO4. The predicted molar refractivity (Wildman–Crippen MR) is 91.5 cm³/mol. The maximum Gasteiger partial charge on any atom is 0.335 e. The first-order chi connectivity index (χ1) is 11.5. The minimum absolute atomic E-state index is 0.183. The maximum atomic E-state index is 11.9. The summed E-state index contributed by atoms with van der Waals surface area (Å²) in [7, 11) is 0. The molecule has 5 heteroatoms. The topological polar surface area (TPSA) is 64.6 Å². The molecule has 1 atom stereocenters. The Hall–Kier alpha value is -2.66. The zero-order valence-electron chi connectivity index (χ0n) is 13.8. The first-order valence-electron chi connectivity index (χ1n) is 7.73. The Kier molecular flexibility index (Phi) is 6.51. The quantitative estimate of drug-likeness (QED) is 0.794. The highest BCUT2D eigenvalue weighted by Crippen LogP contribution is 2.09. The SMILES string of the molecule is Cc1cccc(NC(=O)COC(C)C(=O)OCc2ccccc2)c1. The molecule has 0 bridgehead atoms. The second-order valence-electron chi connectivity index (χ2n) is 5.46. The predicted octanol–water partition coefficient (Wildman–Crippen LogP) is 3.08. The molecule has 126 valence electrons. The average molecular weight is 327 g/mol. The maximum absolute atomic E-state index is 11.9. The number of hydrogen-bond acceptors (Lipinski definition) is 4. The third kappa shape index (κ3) is 5.85. The van der Waals surface area contributed by atoms with Gasteiger partial charge in [-0.25, -0.2) is 4.79 Å². The second kappa shape index (κ2) is 8.84. The molecule has 0 aliphatic heterocycles. The van der Waals surface area contributed by atoms with Crippen molar-refractivity contribution in [3.05, 3.63) is 65.7 Å². The summed E-state index contributed by atoms with van der Waals surface area (Å²) < 4.78 is 10.4. The molecule has 5 nitrogen and oxygen atoms in total. The summed E-state index contributed by atoms with van der Waals surface area (Å²) in [6.07, 6.45) is -0.808. The van der Waals surface area contributed by atoms with E-state index in [1.807, 2.05) is 55.5 Å². The van der Waals surface area contributed by atoms with Crippen molar-refractivity contribution < 1.29 is 19.1 Å². The van der Waals surface area contributed by atoms with Gasteiger partial charge in [0, 0.05) is 5.69 Å². The van der Waals surface area contributed by atoms with Crippen LogP contribution < -0.4 is 5.32 Å². The Labute approximate surface area is 141 Å². The monoisotopic (exact) mass is 327 g/mol. The van der Waals surface area contributed by atoms with E-state index in [4.69, 9.17) is 9.47 Å². The van der Waals surface area contributed by atoms with Crippen molar-refractivity contribution in [3.8, 4) is 0 Å². The summed E-state index contributed by atoms with van der Waals surface area (Å²) >= 11 is 0. The molecule has 2 aromatic rings. The molecule has 2 aromatic carbocycles. The van der Waals surface area contributed by atoms with Crippen molar-refractivity contribution in [2.24, 2.45) is 0 Å². The van der Waals surface area contributed by atoms with Gasteiger partial charge in [0.05, 0.1) is 0 Å². The van der Waals surface area contributed by atoms with Crippen molar-refractivity contribution in [2.75, 3.05) is 11.9 Å². The number of carbonyl (C=O) groups is 2. The lowest BCUT2D eigenvalue weighted by Gasteiger charge is -2.13. The summed E-state index contributed by atoms with van der Waals surface area (Å²) in [5, 5.41) is 2.72. The number of anilines is 1. The molecule has 0 radical (unpaired) electrons. The zero-order chi connectivity index (χ0) is 17.4. The highest BCUT2D eigenvalue weighted by Gasteiger charge is 2.16. The van der Waals surface area contributed by atoms with Crippen LogP contribution >= 0.6 is 0 Å². The van der Waals surface area contributed by atoms with E-state index < -0.39 is 12.1 Å². The zero-order valence-corrected chi connectivity index (χ0v) is 13.8. The fraction of sp³-hybridized carbons (Fsp3) is 0.263. The van der Waals surface area contributed by atoms with E-state index in [1.54, 1.807) is 13.0 Å². The summed E-state index contributed by atoms with van der Waals surface area (Å²) in [5.74, 6) is -0.814. The number of rotatable bonds is 7.